The molecule has 0 atom stereocenters. The maximum absolute atomic E-state index is 12.2. The number of hydrogen-bond donors (Lipinski definition) is 2. The minimum absolute atomic E-state index is 0.116. The lowest BCUT2D eigenvalue weighted by Gasteiger charge is -2.04. The zero-order valence-electron chi connectivity index (χ0n) is 13.2. The minimum atomic E-state index is -0.484. The predicted octanol–water partition coefficient (Wildman–Crippen LogP) is 2.75. The number of Topliss-reactive ketones (excluding diaryl/α,β-unsaturated/α-hetero) is 1. The van der Waals surface area contributed by atoms with Gasteiger partial charge in [0.05, 0.1) is 5.52 Å². The fraction of sp³-hybridized carbons (Fsp3) is 0.111. The van der Waals surface area contributed by atoms with E-state index >= 15 is 0 Å². The number of para-hydroxylation sites is 1. The van der Waals surface area contributed by atoms with Crippen LogP contribution in [-0.4, -0.2) is 27.4 Å². The Kier molecular flexibility index (Phi) is 3.95. The summed E-state index contributed by atoms with van der Waals surface area (Å²) in [5.41, 5.74) is 1.81. The highest BCUT2D eigenvalue weighted by molar-refractivity contribution is 6.15. The number of carbonyl (C=O) groups excluding carboxylic acids is 3. The predicted molar refractivity (Wildman–Crippen MR) is 90.9 cm³/mol. The first-order chi connectivity index (χ1) is 11.5. The Morgan fingerprint density at radius 1 is 1.12 bits per heavy atom. The van der Waals surface area contributed by atoms with Crippen LogP contribution in [-0.2, 0) is 4.79 Å². The van der Waals surface area contributed by atoms with Crippen molar-refractivity contribution in [3.63, 3.8) is 0 Å². The average Bonchev–Trinajstić information content (AvgIpc) is 2.91. The van der Waals surface area contributed by atoms with Crippen molar-refractivity contribution in [1.29, 1.82) is 0 Å². The summed E-state index contributed by atoms with van der Waals surface area (Å²) in [5, 5.41) is 4.14. The first kappa shape index (κ1) is 15.6. The summed E-state index contributed by atoms with van der Waals surface area (Å²) < 4.78 is 0. The van der Waals surface area contributed by atoms with Crippen molar-refractivity contribution in [3.05, 3.63) is 54.0 Å². The number of fused-ring (bicyclic) bond motifs is 3. The molecule has 0 aliphatic rings. The van der Waals surface area contributed by atoms with Crippen LogP contribution in [0.15, 0.2) is 42.6 Å². The van der Waals surface area contributed by atoms with Crippen LogP contribution in [0.25, 0.3) is 21.8 Å². The molecule has 1 aromatic carbocycles. The zero-order valence-corrected chi connectivity index (χ0v) is 13.2. The molecule has 2 N–H and O–H groups in total. The molecule has 0 fully saturated rings. The largest absolute Gasteiger partial charge is 0.353 e. The summed E-state index contributed by atoms with van der Waals surface area (Å²) in [4.78, 5) is 42.4. The molecule has 0 unspecified atom stereocenters. The number of H-pyrrole nitrogens is 1. The van der Waals surface area contributed by atoms with Crippen LogP contribution in [0.4, 0.5) is 0 Å². The third-order valence-corrected chi connectivity index (χ3v) is 3.59. The second-order valence-corrected chi connectivity index (χ2v) is 5.42. The molecule has 0 spiro atoms. The van der Waals surface area contributed by atoms with E-state index in [1.54, 1.807) is 6.07 Å². The van der Waals surface area contributed by atoms with E-state index in [4.69, 9.17) is 0 Å². The van der Waals surface area contributed by atoms with Crippen LogP contribution >= 0.6 is 0 Å². The van der Waals surface area contributed by atoms with Gasteiger partial charge >= 0.3 is 0 Å². The molecule has 2 aromatic heterocycles. The van der Waals surface area contributed by atoms with Crippen LogP contribution in [0.3, 0.4) is 0 Å². The average molecular weight is 321 g/mol. The number of nitrogens with one attached hydrogen (secondary N) is 2. The van der Waals surface area contributed by atoms with Crippen LogP contribution in [0.1, 0.15) is 34.8 Å². The van der Waals surface area contributed by atoms with Crippen LogP contribution in [0.2, 0.25) is 0 Å². The van der Waals surface area contributed by atoms with Crippen molar-refractivity contribution in [2.75, 3.05) is 0 Å². The zero-order chi connectivity index (χ0) is 17.3. The highest BCUT2D eigenvalue weighted by atomic mass is 16.2. The van der Waals surface area contributed by atoms with Gasteiger partial charge in [0.2, 0.25) is 0 Å². The molecule has 6 nitrogen and oxygen atoms in total. The summed E-state index contributed by atoms with van der Waals surface area (Å²) in [5.74, 6) is -0.901. The highest BCUT2D eigenvalue weighted by Gasteiger charge is 2.17. The van der Waals surface area contributed by atoms with E-state index < -0.39 is 5.91 Å². The molecule has 24 heavy (non-hydrogen) atoms. The number of benzene rings is 1. The Balaban J connectivity index is 2.15. The molecule has 0 aliphatic carbocycles. The Morgan fingerprint density at radius 2 is 1.88 bits per heavy atom. The number of allylic oxidation sites excluding steroid dienone is 1. The van der Waals surface area contributed by atoms with Crippen molar-refractivity contribution in [2.24, 2.45) is 0 Å². The normalized spacial score (nSPS) is 11.2. The van der Waals surface area contributed by atoms with E-state index in [-0.39, 0.29) is 23.0 Å². The molecule has 1 amide bonds. The second-order valence-electron chi connectivity index (χ2n) is 5.42. The summed E-state index contributed by atoms with van der Waals surface area (Å²) in [6.45, 7) is 2.79. The van der Waals surface area contributed by atoms with Gasteiger partial charge in [-0.15, -0.1) is 0 Å². The van der Waals surface area contributed by atoms with E-state index in [1.165, 1.54) is 26.1 Å². The molecule has 120 valence electrons. The summed E-state index contributed by atoms with van der Waals surface area (Å²) in [6.07, 6.45) is 2.51. The quantitative estimate of drug-likeness (QED) is 0.571. The Morgan fingerprint density at radius 3 is 2.58 bits per heavy atom. The van der Waals surface area contributed by atoms with Gasteiger partial charge in [0.25, 0.3) is 5.91 Å². The van der Waals surface area contributed by atoms with Crippen molar-refractivity contribution in [2.45, 2.75) is 13.8 Å². The second kappa shape index (κ2) is 6.08. The van der Waals surface area contributed by atoms with Gasteiger partial charge in [0.15, 0.2) is 11.6 Å². The summed E-state index contributed by atoms with van der Waals surface area (Å²) in [6, 6.07) is 9.22. The van der Waals surface area contributed by atoms with E-state index in [1.807, 2.05) is 24.3 Å². The molecule has 0 bridgehead atoms. The first-order valence-corrected chi connectivity index (χ1v) is 7.37. The fourth-order valence-electron chi connectivity index (χ4n) is 2.53. The number of aromatic nitrogens is 2. The standard InChI is InChI=1S/C18H15N3O3/c1-10(22)7-8-19-18(24)15-9-13-12-5-3-4-6-14(12)20-17(13)16(21-15)11(2)23/h3-9,20H,1-2H3,(H,19,24)/b8-7+. The molecule has 0 radical (unpaired) electrons. The van der Waals surface area contributed by atoms with Crippen LogP contribution < -0.4 is 5.32 Å². The minimum Gasteiger partial charge on any atom is -0.353 e. The highest BCUT2D eigenvalue weighted by Crippen LogP contribution is 2.27. The topological polar surface area (TPSA) is 91.9 Å². The number of amides is 1. The van der Waals surface area contributed by atoms with Crippen LogP contribution in [0.5, 0.6) is 0 Å². The van der Waals surface area contributed by atoms with Gasteiger partial charge < -0.3 is 10.3 Å². The lowest BCUT2D eigenvalue weighted by atomic mass is 10.1. The molecular formula is C18H15N3O3. The molecule has 2 heterocycles. The van der Waals surface area contributed by atoms with Gasteiger partial charge in [-0.1, -0.05) is 18.2 Å². The number of aromatic amines is 1. The van der Waals surface area contributed by atoms with E-state index in [0.717, 1.165) is 16.3 Å². The van der Waals surface area contributed by atoms with Gasteiger partial charge in [-0.2, -0.15) is 0 Å². The number of nitrogens with zero attached hydrogens (tertiary/aromatic N) is 1. The van der Waals surface area contributed by atoms with E-state index in [2.05, 4.69) is 15.3 Å². The Hall–Kier alpha value is -3.28. The van der Waals surface area contributed by atoms with Crippen molar-refractivity contribution in [3.8, 4) is 0 Å². The van der Waals surface area contributed by atoms with Crippen molar-refractivity contribution in [1.82, 2.24) is 15.3 Å². The van der Waals surface area contributed by atoms with Gasteiger partial charge in [-0.05, 0) is 25.1 Å². The van der Waals surface area contributed by atoms with Gasteiger partial charge in [-0.3, -0.25) is 14.4 Å². The number of rotatable bonds is 4. The number of pyridine rings is 1. The molecule has 3 aromatic rings. The van der Waals surface area contributed by atoms with E-state index in [9.17, 15) is 14.4 Å². The fourth-order valence-corrected chi connectivity index (χ4v) is 2.53. The van der Waals surface area contributed by atoms with Gasteiger partial charge in [-0.25, -0.2) is 4.98 Å². The Labute approximate surface area is 137 Å². The van der Waals surface area contributed by atoms with Gasteiger partial charge in [0.1, 0.15) is 11.4 Å². The SMILES string of the molecule is CC(=O)/C=C/NC(=O)c1cc2c([nH]c3ccccc32)c(C(C)=O)n1. The van der Waals surface area contributed by atoms with E-state index in [0.29, 0.717) is 5.52 Å². The smallest absolute Gasteiger partial charge is 0.273 e. The van der Waals surface area contributed by atoms with Crippen molar-refractivity contribution >= 4 is 39.3 Å². The van der Waals surface area contributed by atoms with Crippen LogP contribution in [0, 0.1) is 0 Å². The molecule has 6 heteroatoms. The molecule has 0 aliphatic heterocycles. The molecular weight excluding hydrogens is 306 g/mol. The van der Waals surface area contributed by atoms with Gasteiger partial charge in [0, 0.05) is 29.4 Å². The molecule has 3 rings (SSSR count). The maximum Gasteiger partial charge on any atom is 0.273 e. The molecule has 0 saturated heterocycles. The number of ketones is 2. The monoisotopic (exact) mass is 321 g/mol. The number of hydrogen-bond acceptors (Lipinski definition) is 4. The van der Waals surface area contributed by atoms with Crippen molar-refractivity contribution < 1.29 is 14.4 Å². The molecule has 0 saturated carbocycles. The summed E-state index contributed by atoms with van der Waals surface area (Å²) >= 11 is 0. The lowest BCUT2D eigenvalue weighted by molar-refractivity contribution is -0.112. The summed E-state index contributed by atoms with van der Waals surface area (Å²) in [7, 11) is 0. The Bertz CT molecular complexity index is 1010. The third-order valence-electron chi connectivity index (χ3n) is 3.59. The maximum atomic E-state index is 12.2. The third kappa shape index (κ3) is 2.81. The lowest BCUT2D eigenvalue weighted by Crippen LogP contribution is -2.20. The number of carbonyl (C=O) groups is 3. The first-order valence-electron chi connectivity index (χ1n) is 7.37.